The van der Waals surface area contributed by atoms with Gasteiger partial charge < -0.3 is 10.8 Å². The number of nitrogens with two attached hydrogens (primary N) is 1. The molecule has 138 valence electrons. The lowest BCUT2D eigenvalue weighted by molar-refractivity contribution is -0.123. The van der Waals surface area contributed by atoms with Crippen LogP contribution < -0.4 is 5.73 Å². The van der Waals surface area contributed by atoms with E-state index in [-0.39, 0.29) is 18.9 Å². The molecule has 3 N–H and O–H groups in total. The van der Waals surface area contributed by atoms with Crippen molar-refractivity contribution in [2.75, 3.05) is 0 Å². The number of nitrogens with zero attached hydrogens (tertiary/aromatic N) is 7. The summed E-state index contributed by atoms with van der Waals surface area (Å²) in [6, 6.07) is 2.03. The van der Waals surface area contributed by atoms with Crippen LogP contribution in [0.2, 0.25) is 0 Å². The lowest BCUT2D eigenvalue weighted by atomic mass is 10.3. The van der Waals surface area contributed by atoms with Gasteiger partial charge in [0.05, 0.1) is 18.8 Å². The van der Waals surface area contributed by atoms with E-state index in [4.69, 9.17) is 15.6 Å². The van der Waals surface area contributed by atoms with Crippen molar-refractivity contribution in [3.05, 3.63) is 30.5 Å². The predicted molar refractivity (Wildman–Crippen MR) is 91.3 cm³/mol. The summed E-state index contributed by atoms with van der Waals surface area (Å²) in [5.74, 6) is 0.491. The van der Waals surface area contributed by atoms with Gasteiger partial charge in [-0.25, -0.2) is 9.67 Å². The summed E-state index contributed by atoms with van der Waals surface area (Å²) in [4.78, 5) is 24.0. The Morgan fingerprint density at radius 1 is 1.38 bits per heavy atom. The van der Waals surface area contributed by atoms with Gasteiger partial charge in [-0.05, 0) is 19.9 Å². The lowest BCUT2D eigenvalue weighted by Crippen LogP contribution is -2.14. The molecule has 0 fully saturated rings. The van der Waals surface area contributed by atoms with Crippen LogP contribution in [0, 0.1) is 0 Å². The van der Waals surface area contributed by atoms with Crippen LogP contribution in [0.1, 0.15) is 25.7 Å². The van der Waals surface area contributed by atoms with Crippen LogP contribution in [-0.4, -0.2) is 51.8 Å². The highest BCUT2D eigenvalue weighted by Crippen LogP contribution is 2.23. The first-order valence-electron chi connectivity index (χ1n) is 7.72. The molecule has 0 aromatic carbocycles. The van der Waals surface area contributed by atoms with Crippen LogP contribution in [-0.2, 0) is 23.1 Å². The fraction of sp³-hybridized carbons (Fsp3) is 0.333. The van der Waals surface area contributed by atoms with Crippen molar-refractivity contribution >= 4 is 12.4 Å². The molecule has 0 spiro atoms. The first-order valence-corrected chi connectivity index (χ1v) is 7.72. The number of rotatable bonds is 5. The number of carbonyl (C=O) groups is 2. The summed E-state index contributed by atoms with van der Waals surface area (Å²) in [6.07, 6.45) is 5.20. The zero-order valence-corrected chi connectivity index (χ0v) is 14.6. The largest absolute Gasteiger partial charge is 0.483 e. The monoisotopic (exact) mass is 360 g/mol. The number of aryl methyl sites for hydroxylation is 1. The van der Waals surface area contributed by atoms with Gasteiger partial charge in [-0.1, -0.05) is 0 Å². The van der Waals surface area contributed by atoms with E-state index in [1.807, 2.05) is 37.8 Å². The second-order valence-corrected chi connectivity index (χ2v) is 5.64. The number of hydrogen-bond donors (Lipinski definition) is 2. The smallest absolute Gasteiger partial charge is 0.290 e. The first kappa shape index (κ1) is 18.8. The Bertz CT molecular complexity index is 892. The van der Waals surface area contributed by atoms with Gasteiger partial charge in [0.2, 0.25) is 5.91 Å². The Kier molecular flexibility index (Phi) is 5.83. The fourth-order valence-corrected chi connectivity index (χ4v) is 2.35. The first-order chi connectivity index (χ1) is 12.4. The molecule has 0 saturated heterocycles. The third-order valence-corrected chi connectivity index (χ3v) is 3.31. The van der Waals surface area contributed by atoms with Crippen molar-refractivity contribution in [1.29, 1.82) is 0 Å². The molecule has 0 aliphatic rings. The molecule has 3 rings (SSSR count). The summed E-state index contributed by atoms with van der Waals surface area (Å²) in [6.45, 7) is 3.82. The molecule has 3 heterocycles. The highest BCUT2D eigenvalue weighted by molar-refractivity contribution is 5.75. The standard InChI is InChI=1S/C14H18N8O.CH2O2/c1-9(2)21-11(4-5-16-21)14-18-13(6-12(15)23)19-22(14)10-7-17-20(3)8-10;2-1-3/h4-5,7-9H,6H2,1-3H3,(H2,15,23);1H,(H,2,3). The SMILES string of the molecule is CC(C)n1nccc1-c1nc(CC(N)=O)nn1-c1cnn(C)c1.O=CO. The van der Waals surface area contributed by atoms with Crippen LogP contribution in [0.5, 0.6) is 0 Å². The van der Waals surface area contributed by atoms with E-state index in [2.05, 4.69) is 20.3 Å². The number of carbonyl (C=O) groups excluding carboxylic acids is 1. The Morgan fingerprint density at radius 3 is 2.62 bits per heavy atom. The molecule has 0 radical (unpaired) electrons. The maximum Gasteiger partial charge on any atom is 0.290 e. The number of carboxylic acid groups (broad SMARTS) is 1. The molecule has 0 bridgehead atoms. The molecule has 11 heteroatoms. The van der Waals surface area contributed by atoms with Gasteiger partial charge in [-0.15, -0.1) is 5.10 Å². The van der Waals surface area contributed by atoms with Crippen molar-refractivity contribution in [3.63, 3.8) is 0 Å². The maximum absolute atomic E-state index is 11.2. The molecule has 3 aromatic rings. The van der Waals surface area contributed by atoms with Gasteiger partial charge in [-0.3, -0.25) is 19.0 Å². The summed E-state index contributed by atoms with van der Waals surface area (Å²) >= 11 is 0. The Morgan fingerprint density at radius 2 is 2.08 bits per heavy atom. The molecule has 11 nitrogen and oxygen atoms in total. The zero-order valence-electron chi connectivity index (χ0n) is 14.6. The van der Waals surface area contributed by atoms with Crippen LogP contribution in [0.25, 0.3) is 17.2 Å². The van der Waals surface area contributed by atoms with Gasteiger partial charge in [0.1, 0.15) is 11.4 Å². The second-order valence-electron chi connectivity index (χ2n) is 5.64. The van der Waals surface area contributed by atoms with Gasteiger partial charge in [-0.2, -0.15) is 10.2 Å². The van der Waals surface area contributed by atoms with Crippen LogP contribution >= 0.6 is 0 Å². The Balaban J connectivity index is 0.000000758. The summed E-state index contributed by atoms with van der Waals surface area (Å²) in [5.41, 5.74) is 6.83. The second kappa shape index (κ2) is 8.05. The molecule has 0 atom stereocenters. The molecular formula is C15H20N8O3. The van der Waals surface area contributed by atoms with Crippen molar-refractivity contribution in [1.82, 2.24) is 34.3 Å². The van der Waals surface area contributed by atoms with E-state index in [9.17, 15) is 4.79 Å². The molecule has 1 amide bonds. The normalized spacial score (nSPS) is 10.5. The third-order valence-electron chi connectivity index (χ3n) is 3.31. The van der Waals surface area contributed by atoms with E-state index in [1.54, 1.807) is 21.8 Å². The number of hydrogen-bond acceptors (Lipinski definition) is 6. The van der Waals surface area contributed by atoms with Crippen molar-refractivity contribution in [3.8, 4) is 17.2 Å². The van der Waals surface area contributed by atoms with Crippen LogP contribution in [0.15, 0.2) is 24.7 Å². The van der Waals surface area contributed by atoms with Crippen molar-refractivity contribution in [2.45, 2.75) is 26.3 Å². The Hall–Kier alpha value is -3.50. The average Bonchev–Trinajstić information content (AvgIpc) is 3.25. The Labute approximate surface area is 149 Å². The summed E-state index contributed by atoms with van der Waals surface area (Å²) < 4.78 is 5.18. The number of amides is 1. The molecule has 0 aliphatic carbocycles. The molecule has 0 aliphatic heterocycles. The molecule has 3 aromatic heterocycles. The highest BCUT2D eigenvalue weighted by atomic mass is 16.3. The quantitative estimate of drug-likeness (QED) is 0.617. The summed E-state index contributed by atoms with van der Waals surface area (Å²) in [5, 5.41) is 19.8. The molecular weight excluding hydrogens is 340 g/mol. The van der Waals surface area contributed by atoms with E-state index in [1.165, 1.54) is 0 Å². The highest BCUT2D eigenvalue weighted by Gasteiger charge is 2.19. The average molecular weight is 360 g/mol. The van der Waals surface area contributed by atoms with Gasteiger partial charge in [0.15, 0.2) is 11.6 Å². The topological polar surface area (TPSA) is 147 Å². The van der Waals surface area contributed by atoms with E-state index < -0.39 is 5.91 Å². The van der Waals surface area contributed by atoms with Crippen LogP contribution in [0.4, 0.5) is 0 Å². The number of primary amides is 1. The third kappa shape index (κ3) is 4.12. The summed E-state index contributed by atoms with van der Waals surface area (Å²) in [7, 11) is 1.82. The fourth-order valence-electron chi connectivity index (χ4n) is 2.35. The van der Waals surface area contributed by atoms with E-state index in [0.29, 0.717) is 11.6 Å². The predicted octanol–water partition coefficient (Wildman–Crippen LogP) is 0.174. The maximum atomic E-state index is 11.2. The van der Waals surface area contributed by atoms with E-state index >= 15 is 0 Å². The molecule has 26 heavy (non-hydrogen) atoms. The van der Waals surface area contributed by atoms with Gasteiger partial charge in [0, 0.05) is 19.3 Å². The minimum atomic E-state index is -0.475. The zero-order chi connectivity index (χ0) is 19.3. The van der Waals surface area contributed by atoms with Crippen LogP contribution in [0.3, 0.4) is 0 Å². The van der Waals surface area contributed by atoms with Crippen molar-refractivity contribution < 1.29 is 14.7 Å². The number of aromatic nitrogens is 7. The minimum absolute atomic E-state index is 0.0178. The van der Waals surface area contributed by atoms with E-state index in [0.717, 1.165) is 11.4 Å². The molecule has 0 unspecified atom stereocenters. The van der Waals surface area contributed by atoms with Gasteiger partial charge in [0.25, 0.3) is 6.47 Å². The minimum Gasteiger partial charge on any atom is -0.483 e. The molecule has 0 saturated carbocycles. The lowest BCUT2D eigenvalue weighted by Gasteiger charge is -2.10. The van der Waals surface area contributed by atoms with Gasteiger partial charge >= 0.3 is 0 Å². The van der Waals surface area contributed by atoms with Crippen molar-refractivity contribution in [2.24, 2.45) is 12.8 Å².